The highest BCUT2D eigenvalue weighted by Crippen LogP contribution is 2.08. The van der Waals surface area contributed by atoms with E-state index in [0.29, 0.717) is 19.0 Å². The van der Waals surface area contributed by atoms with Crippen LogP contribution >= 0.6 is 0 Å². The van der Waals surface area contributed by atoms with E-state index in [-0.39, 0.29) is 0 Å². The molecule has 0 aliphatic rings. The summed E-state index contributed by atoms with van der Waals surface area (Å²) >= 11 is 0. The second-order valence-electron chi connectivity index (χ2n) is 4.50. The van der Waals surface area contributed by atoms with E-state index in [0.717, 1.165) is 17.2 Å². The fourth-order valence-corrected chi connectivity index (χ4v) is 1.57. The molecule has 2 aromatic heterocycles. The summed E-state index contributed by atoms with van der Waals surface area (Å²) in [5.41, 5.74) is 3.36. The van der Waals surface area contributed by atoms with Crippen LogP contribution in [0.1, 0.15) is 22.8 Å². The predicted molar refractivity (Wildman–Crippen MR) is 69.3 cm³/mol. The molecule has 2 heterocycles. The van der Waals surface area contributed by atoms with Crippen molar-refractivity contribution in [2.24, 2.45) is 0 Å². The third-order valence-electron chi connectivity index (χ3n) is 2.86. The van der Waals surface area contributed by atoms with E-state index in [2.05, 4.69) is 37.6 Å². The molecule has 0 amide bonds. The third-order valence-corrected chi connectivity index (χ3v) is 2.86. The van der Waals surface area contributed by atoms with Gasteiger partial charge in [0.1, 0.15) is 5.82 Å². The van der Waals surface area contributed by atoms with Crippen molar-refractivity contribution in [1.82, 2.24) is 30.7 Å². The summed E-state index contributed by atoms with van der Waals surface area (Å²) in [5, 5.41) is 17.5. The number of nitrogens with zero attached hydrogens (tertiary/aromatic N) is 4. The summed E-state index contributed by atoms with van der Waals surface area (Å²) in [4.78, 5) is 6.20. The predicted octanol–water partition coefficient (Wildman–Crippen LogP) is 0.500. The van der Waals surface area contributed by atoms with Gasteiger partial charge in [0, 0.05) is 26.3 Å². The van der Waals surface area contributed by atoms with Crippen molar-refractivity contribution < 1.29 is 0 Å². The van der Waals surface area contributed by atoms with Crippen molar-refractivity contribution in [2.45, 2.75) is 26.9 Å². The topological polar surface area (TPSA) is 85.5 Å². The number of aromatic nitrogens is 5. The lowest BCUT2D eigenvalue weighted by Gasteiger charge is -2.04. The SMILES string of the molecule is Cc1[nH]nc(CNCc2nc(N(C)C)n[nH]2)c1C. The minimum Gasteiger partial charge on any atom is -0.346 e. The van der Waals surface area contributed by atoms with Crippen LogP contribution in [0.15, 0.2) is 0 Å². The number of hydrogen-bond acceptors (Lipinski definition) is 5. The maximum absolute atomic E-state index is 4.34. The highest BCUT2D eigenvalue weighted by molar-refractivity contribution is 5.25. The second kappa shape index (κ2) is 5.18. The monoisotopic (exact) mass is 249 g/mol. The van der Waals surface area contributed by atoms with Crippen LogP contribution < -0.4 is 10.2 Å². The van der Waals surface area contributed by atoms with E-state index in [1.54, 1.807) is 0 Å². The van der Waals surface area contributed by atoms with E-state index >= 15 is 0 Å². The number of aromatic amines is 2. The van der Waals surface area contributed by atoms with Gasteiger partial charge in [-0.1, -0.05) is 0 Å². The zero-order valence-corrected chi connectivity index (χ0v) is 11.2. The van der Waals surface area contributed by atoms with E-state index in [9.17, 15) is 0 Å². The molecule has 0 aliphatic carbocycles. The lowest BCUT2D eigenvalue weighted by atomic mass is 10.2. The highest BCUT2D eigenvalue weighted by atomic mass is 15.3. The second-order valence-corrected chi connectivity index (χ2v) is 4.50. The third kappa shape index (κ3) is 2.67. The summed E-state index contributed by atoms with van der Waals surface area (Å²) in [6.45, 7) is 5.44. The van der Waals surface area contributed by atoms with E-state index in [4.69, 9.17) is 0 Å². The molecule has 0 aromatic carbocycles. The molecule has 3 N–H and O–H groups in total. The summed E-state index contributed by atoms with van der Waals surface area (Å²) in [6, 6.07) is 0. The Bertz CT molecular complexity index is 511. The Kier molecular flexibility index (Phi) is 3.61. The lowest BCUT2D eigenvalue weighted by Crippen LogP contribution is -2.15. The van der Waals surface area contributed by atoms with Gasteiger partial charge in [-0.2, -0.15) is 10.1 Å². The van der Waals surface area contributed by atoms with Gasteiger partial charge < -0.3 is 10.2 Å². The van der Waals surface area contributed by atoms with Gasteiger partial charge >= 0.3 is 0 Å². The van der Waals surface area contributed by atoms with Gasteiger partial charge in [-0.05, 0) is 19.4 Å². The fraction of sp³-hybridized carbons (Fsp3) is 0.545. The van der Waals surface area contributed by atoms with Crippen molar-refractivity contribution in [1.29, 1.82) is 0 Å². The van der Waals surface area contributed by atoms with Crippen LogP contribution in [0.25, 0.3) is 0 Å². The van der Waals surface area contributed by atoms with Gasteiger partial charge in [-0.25, -0.2) is 0 Å². The van der Waals surface area contributed by atoms with Crippen LogP contribution in [0.5, 0.6) is 0 Å². The normalized spacial score (nSPS) is 10.9. The van der Waals surface area contributed by atoms with E-state index < -0.39 is 0 Å². The Hall–Kier alpha value is -1.89. The minimum absolute atomic E-state index is 0.645. The van der Waals surface area contributed by atoms with Crippen molar-refractivity contribution in [3.8, 4) is 0 Å². The average molecular weight is 249 g/mol. The number of H-pyrrole nitrogens is 2. The number of rotatable bonds is 5. The number of anilines is 1. The smallest absolute Gasteiger partial charge is 0.244 e. The standard InChI is InChI=1S/C11H19N7/c1-7-8(2)14-15-9(7)5-12-6-10-13-11(17-16-10)18(3)4/h12H,5-6H2,1-4H3,(H,14,15)(H,13,16,17). The van der Waals surface area contributed by atoms with Crippen LogP contribution in [0.3, 0.4) is 0 Å². The minimum atomic E-state index is 0.645. The van der Waals surface area contributed by atoms with Gasteiger partial charge in [-0.3, -0.25) is 10.2 Å². The summed E-state index contributed by atoms with van der Waals surface area (Å²) in [7, 11) is 3.83. The summed E-state index contributed by atoms with van der Waals surface area (Å²) in [6.07, 6.45) is 0. The number of nitrogens with one attached hydrogen (secondary N) is 3. The van der Waals surface area contributed by atoms with Crippen LogP contribution in [0.2, 0.25) is 0 Å². The van der Waals surface area contributed by atoms with Crippen molar-refractivity contribution >= 4 is 5.95 Å². The van der Waals surface area contributed by atoms with Gasteiger partial charge in [0.15, 0.2) is 0 Å². The van der Waals surface area contributed by atoms with Crippen LogP contribution in [-0.2, 0) is 13.1 Å². The molecule has 0 saturated carbocycles. The molecule has 0 aliphatic heterocycles. The van der Waals surface area contributed by atoms with Gasteiger partial charge in [0.05, 0.1) is 12.2 Å². The maximum atomic E-state index is 4.34. The average Bonchev–Trinajstić information content (AvgIpc) is 2.91. The molecule has 0 bridgehead atoms. The first-order valence-electron chi connectivity index (χ1n) is 5.87. The largest absolute Gasteiger partial charge is 0.346 e. The molecular weight excluding hydrogens is 230 g/mol. The molecule has 0 atom stereocenters. The first-order chi connectivity index (χ1) is 8.58. The number of hydrogen-bond donors (Lipinski definition) is 3. The molecule has 7 nitrogen and oxygen atoms in total. The molecule has 0 unspecified atom stereocenters. The zero-order valence-electron chi connectivity index (χ0n) is 11.2. The van der Waals surface area contributed by atoms with E-state index in [1.165, 1.54) is 5.56 Å². The Morgan fingerprint density at radius 2 is 1.89 bits per heavy atom. The first-order valence-corrected chi connectivity index (χ1v) is 5.87. The molecule has 18 heavy (non-hydrogen) atoms. The van der Waals surface area contributed by atoms with Gasteiger partial charge in [0.25, 0.3) is 0 Å². The van der Waals surface area contributed by atoms with Gasteiger partial charge in [0.2, 0.25) is 5.95 Å². The highest BCUT2D eigenvalue weighted by Gasteiger charge is 2.07. The molecule has 7 heteroatoms. The quantitative estimate of drug-likeness (QED) is 0.718. The van der Waals surface area contributed by atoms with Crippen molar-refractivity contribution in [3.63, 3.8) is 0 Å². The number of aryl methyl sites for hydroxylation is 1. The lowest BCUT2D eigenvalue weighted by molar-refractivity contribution is 0.650. The molecule has 0 saturated heterocycles. The van der Waals surface area contributed by atoms with Crippen molar-refractivity contribution in [3.05, 3.63) is 22.8 Å². The Labute approximate surface area is 106 Å². The summed E-state index contributed by atoms with van der Waals surface area (Å²) < 4.78 is 0. The fourth-order valence-electron chi connectivity index (χ4n) is 1.57. The van der Waals surface area contributed by atoms with Gasteiger partial charge in [-0.15, -0.1) is 5.10 Å². The maximum Gasteiger partial charge on any atom is 0.244 e. The van der Waals surface area contributed by atoms with Crippen LogP contribution in [0, 0.1) is 13.8 Å². The Morgan fingerprint density at radius 1 is 1.11 bits per heavy atom. The molecule has 2 rings (SSSR count). The van der Waals surface area contributed by atoms with Crippen LogP contribution in [-0.4, -0.2) is 39.5 Å². The van der Waals surface area contributed by atoms with Crippen molar-refractivity contribution in [2.75, 3.05) is 19.0 Å². The first kappa shape index (κ1) is 12.6. The Morgan fingerprint density at radius 3 is 2.44 bits per heavy atom. The zero-order chi connectivity index (χ0) is 13.1. The Balaban J connectivity index is 1.86. The molecule has 0 radical (unpaired) electrons. The molecular formula is C11H19N7. The molecule has 0 spiro atoms. The summed E-state index contributed by atoms with van der Waals surface area (Å²) in [5.74, 6) is 1.52. The van der Waals surface area contributed by atoms with E-state index in [1.807, 2.05) is 25.9 Å². The molecule has 0 fully saturated rings. The molecule has 98 valence electrons. The molecule has 2 aromatic rings. The van der Waals surface area contributed by atoms with Crippen LogP contribution in [0.4, 0.5) is 5.95 Å².